The SMILES string of the molecule is C/C(=C\C(=C/C=[N-])c1ccc(C2CC3CCC2C3)cc1)c1[c-]cccc1.[2H]C([2H])([2H])c1c[c-]c(-c2ccc(C([2H])([2H])C(C)(C)C)cn2)cc1-c1ccccc1.[Ir+3]. The van der Waals surface area contributed by atoms with E-state index in [1.807, 2.05) is 69.3 Å². The molecule has 2 bridgehead atoms. The van der Waals surface area contributed by atoms with Crippen LogP contribution in [-0.4, -0.2) is 11.2 Å². The van der Waals surface area contributed by atoms with Crippen molar-refractivity contribution in [3.05, 3.63) is 167 Å². The number of pyridine rings is 1. The van der Waals surface area contributed by atoms with E-state index in [1.54, 1.807) is 30.5 Å². The van der Waals surface area contributed by atoms with E-state index in [9.17, 15) is 5.41 Å². The number of rotatable bonds is 8. The fourth-order valence-electron chi connectivity index (χ4n) is 7.39. The van der Waals surface area contributed by atoms with Gasteiger partial charge in [-0.25, -0.2) is 0 Å². The molecule has 3 heteroatoms. The Bertz CT molecular complexity index is 2130. The first-order chi connectivity index (χ1) is 26.2. The number of hydrogen-bond acceptors (Lipinski definition) is 1. The first kappa shape index (κ1) is 31.6. The average molecular weight is 851 g/mol. The van der Waals surface area contributed by atoms with E-state index in [1.165, 1.54) is 37.3 Å². The van der Waals surface area contributed by atoms with Crippen molar-refractivity contribution in [1.29, 1.82) is 0 Å². The number of aromatic nitrogens is 1. The van der Waals surface area contributed by atoms with Gasteiger partial charge in [0.1, 0.15) is 0 Å². The predicted molar refractivity (Wildman–Crippen MR) is 213 cm³/mol. The predicted octanol–water partition coefficient (Wildman–Crippen LogP) is 12.6. The second-order valence-corrected chi connectivity index (χ2v) is 14.6. The van der Waals surface area contributed by atoms with Gasteiger partial charge in [-0.1, -0.05) is 125 Å². The summed E-state index contributed by atoms with van der Waals surface area (Å²) in [5, 5.41) is 9.34. The molecule has 1 heterocycles. The maximum atomic E-state index is 9.34. The molecule has 0 spiro atoms. The Labute approximate surface area is 327 Å². The summed E-state index contributed by atoms with van der Waals surface area (Å²) in [7, 11) is 0. The molecule has 0 radical (unpaired) electrons. The Morgan fingerprint density at radius 3 is 2.35 bits per heavy atom. The summed E-state index contributed by atoms with van der Waals surface area (Å²) in [6, 6.07) is 39.5. The van der Waals surface area contributed by atoms with E-state index in [0.717, 1.165) is 51.8 Å². The molecule has 0 amide bonds. The van der Waals surface area contributed by atoms with E-state index < -0.39 is 18.6 Å². The van der Waals surface area contributed by atoms with Crippen LogP contribution in [0.25, 0.3) is 38.9 Å². The van der Waals surface area contributed by atoms with Gasteiger partial charge in [0.05, 0.1) is 0 Å². The van der Waals surface area contributed by atoms with Gasteiger partial charge < -0.3 is 10.4 Å². The van der Waals surface area contributed by atoms with Gasteiger partial charge in [-0.3, -0.25) is 0 Å². The van der Waals surface area contributed by atoms with Crippen LogP contribution < -0.4 is 0 Å². The zero-order valence-electron chi connectivity index (χ0n) is 34.9. The molecule has 5 aromatic rings. The summed E-state index contributed by atoms with van der Waals surface area (Å²) >= 11 is 0. The van der Waals surface area contributed by atoms with Crippen LogP contribution >= 0.6 is 0 Å². The molecular weight excluding hydrogens is 797 g/mol. The van der Waals surface area contributed by atoms with Crippen LogP contribution in [0.2, 0.25) is 0 Å². The van der Waals surface area contributed by atoms with E-state index in [2.05, 4.69) is 60.4 Å². The molecule has 0 aliphatic heterocycles. The number of benzene rings is 4. The molecule has 2 fully saturated rings. The summed E-state index contributed by atoms with van der Waals surface area (Å²) in [4.78, 5) is 4.44. The monoisotopic (exact) mass is 851 g/mol. The van der Waals surface area contributed by atoms with Gasteiger partial charge in [0.25, 0.3) is 0 Å². The van der Waals surface area contributed by atoms with Gasteiger partial charge in [-0.2, -0.15) is 6.21 Å². The summed E-state index contributed by atoms with van der Waals surface area (Å²) in [6.07, 6.45) is 10.7. The molecule has 2 nitrogen and oxygen atoms in total. The molecule has 2 aliphatic carbocycles. The third kappa shape index (κ3) is 10.00. The zero-order valence-corrected chi connectivity index (χ0v) is 32.3. The normalized spacial score (nSPS) is 20.4. The smallest absolute Gasteiger partial charge is 0.811 e. The van der Waals surface area contributed by atoms with Crippen LogP contribution in [0.3, 0.4) is 0 Å². The van der Waals surface area contributed by atoms with Gasteiger partial charge >= 0.3 is 20.1 Å². The minimum Gasteiger partial charge on any atom is -0.811 e. The molecule has 3 atom stereocenters. The van der Waals surface area contributed by atoms with Gasteiger partial charge in [-0.05, 0) is 82.3 Å². The first-order valence-electron chi connectivity index (χ1n) is 20.2. The molecule has 2 saturated carbocycles. The summed E-state index contributed by atoms with van der Waals surface area (Å²) in [5.74, 6) is 2.63. The third-order valence-corrected chi connectivity index (χ3v) is 9.76. The van der Waals surface area contributed by atoms with E-state index in [-0.39, 0.29) is 25.7 Å². The van der Waals surface area contributed by atoms with Crippen LogP contribution in [0.15, 0.2) is 121 Å². The molecule has 51 heavy (non-hydrogen) atoms. The van der Waals surface area contributed by atoms with Crippen LogP contribution in [0.4, 0.5) is 0 Å². The Kier molecular flexibility index (Phi) is 10.7. The van der Waals surface area contributed by atoms with Crippen molar-refractivity contribution >= 4 is 17.4 Å². The minimum atomic E-state index is -2.25. The van der Waals surface area contributed by atoms with Crippen molar-refractivity contribution < 1.29 is 27.0 Å². The van der Waals surface area contributed by atoms with Gasteiger partial charge in [-0.15, -0.1) is 70.8 Å². The van der Waals surface area contributed by atoms with Crippen molar-refractivity contribution in [3.63, 3.8) is 0 Å². The molecule has 7 rings (SSSR count). The number of allylic oxidation sites excluding steroid dienone is 4. The van der Waals surface area contributed by atoms with E-state index >= 15 is 0 Å². The second-order valence-electron chi connectivity index (χ2n) is 14.6. The van der Waals surface area contributed by atoms with E-state index in [0.29, 0.717) is 22.4 Å². The molecule has 0 N–H and O–H groups in total. The van der Waals surface area contributed by atoms with Crippen molar-refractivity contribution in [2.45, 2.75) is 72.5 Å². The maximum absolute atomic E-state index is 9.34. The van der Waals surface area contributed by atoms with Gasteiger partial charge in [0.2, 0.25) is 0 Å². The average Bonchev–Trinajstić information content (AvgIpc) is 3.82. The molecular formula is C48H49IrN2. The van der Waals surface area contributed by atoms with Crippen LogP contribution in [0.1, 0.15) is 94.0 Å². The second kappa shape index (κ2) is 17.4. The fourth-order valence-corrected chi connectivity index (χ4v) is 7.39. The number of hydrogen-bond donors (Lipinski definition) is 0. The first-order valence-corrected chi connectivity index (χ1v) is 17.7. The van der Waals surface area contributed by atoms with Gasteiger partial charge in [0.15, 0.2) is 0 Å². The van der Waals surface area contributed by atoms with Crippen molar-refractivity contribution in [3.8, 4) is 22.4 Å². The Hall–Kier alpha value is -4.17. The molecule has 0 saturated heterocycles. The van der Waals surface area contributed by atoms with Gasteiger partial charge in [0, 0.05) is 13.1 Å². The van der Waals surface area contributed by atoms with Crippen molar-refractivity contribution in [1.82, 2.24) is 4.98 Å². The number of aryl methyl sites for hydroxylation is 1. The molecule has 4 aromatic carbocycles. The van der Waals surface area contributed by atoms with Crippen LogP contribution in [0.5, 0.6) is 0 Å². The Balaban J connectivity index is 0.000000211. The minimum absolute atomic E-state index is 0. The summed E-state index contributed by atoms with van der Waals surface area (Å²) in [6.45, 7) is 5.40. The summed E-state index contributed by atoms with van der Waals surface area (Å²) < 4.78 is 40.3. The van der Waals surface area contributed by atoms with Crippen molar-refractivity contribution in [2.75, 3.05) is 0 Å². The molecule has 3 unspecified atom stereocenters. The quantitative estimate of drug-likeness (QED) is 0.0870. The zero-order chi connectivity index (χ0) is 39.4. The topological polar surface area (TPSA) is 35.2 Å². The third-order valence-electron chi connectivity index (χ3n) is 9.76. The standard InChI is InChI=1S/C25H25N.C23H24N.Ir/c1-18(20-5-3-2-4-6-20)15-23(13-14-26)21-9-11-22(12-10-21)25-17-19-7-8-24(25)16-19;1-17-10-12-20(14-21(17)19-8-6-5-7-9-19)22-13-11-18(16-24-22)15-23(2,3)4;/h2-5,9-15,19,24-25H,7-8,16-17H2,1H3;5-11,13-14,16H,15H2,1-4H3;/q-2;-1;+3/b18-15+,23-13+;;/i;1D3,15D2;. The molecule has 260 valence electrons. The molecule has 2 aliphatic rings. The number of nitrogens with zero attached hydrogens (tertiary/aromatic N) is 2. The van der Waals surface area contributed by atoms with Crippen LogP contribution in [-0.2, 0) is 26.5 Å². The summed E-state index contributed by atoms with van der Waals surface area (Å²) in [5.41, 5.74) is 8.77. The Morgan fingerprint density at radius 2 is 1.75 bits per heavy atom. The van der Waals surface area contributed by atoms with Crippen LogP contribution in [0, 0.1) is 36.2 Å². The maximum Gasteiger partial charge on any atom is 3.00 e. The largest absolute Gasteiger partial charge is 3.00 e. The molecule has 1 aromatic heterocycles. The van der Waals surface area contributed by atoms with Crippen molar-refractivity contribution in [2.24, 2.45) is 17.3 Å². The van der Waals surface area contributed by atoms with E-state index in [4.69, 9.17) is 6.85 Å². The fraction of sp³-hybridized carbons (Fsp3) is 0.292. The Morgan fingerprint density at radius 1 is 0.961 bits per heavy atom. The number of fused-ring (bicyclic) bond motifs is 2.